The second-order valence-electron chi connectivity index (χ2n) is 24.2. The van der Waals surface area contributed by atoms with Crippen LogP contribution in [0.1, 0.15) is 103 Å². The number of β-amino-alcohol motifs (C(OH)–C–C–N with tert-alkyl or cyclic N) is 1. The van der Waals surface area contributed by atoms with E-state index >= 15 is 0 Å². The van der Waals surface area contributed by atoms with Gasteiger partial charge in [0, 0.05) is 85.2 Å². The van der Waals surface area contributed by atoms with Crippen LogP contribution in [-0.2, 0) is 33.9 Å². The molecule has 1 unspecified atom stereocenters. The minimum atomic E-state index is -2.48. The molecule has 4 saturated heterocycles. The molecule has 0 radical (unpaired) electrons. The molecule has 0 bridgehead atoms. The van der Waals surface area contributed by atoms with Gasteiger partial charge in [-0.05, 0) is 87.7 Å². The molecule has 4 atom stereocenters. The van der Waals surface area contributed by atoms with Gasteiger partial charge < -0.3 is 50.5 Å². The zero-order chi connectivity index (χ0) is 72.4. The van der Waals surface area contributed by atoms with Crippen molar-refractivity contribution >= 4 is 41.1 Å². The zero-order valence-electron chi connectivity index (χ0n) is 57.1. The van der Waals surface area contributed by atoms with Crippen LogP contribution in [0.3, 0.4) is 0 Å². The third-order valence-corrected chi connectivity index (χ3v) is 17.7. The number of ether oxygens (including phenoxy) is 2. The summed E-state index contributed by atoms with van der Waals surface area (Å²) >= 11 is 0. The molecule has 0 aliphatic carbocycles. The van der Waals surface area contributed by atoms with Crippen molar-refractivity contribution in [3.05, 3.63) is 178 Å². The van der Waals surface area contributed by atoms with Crippen molar-refractivity contribution in [2.45, 2.75) is 70.6 Å². The van der Waals surface area contributed by atoms with Crippen LogP contribution in [0.4, 0.5) is 30.6 Å². The third-order valence-electron chi connectivity index (χ3n) is 17.7. The standard InChI is InChI=1S/C25H24FN7O2.C23H19FN6O3.C22H19FN6O2/c1-2-28-24(34)16-6-4-9-32(14-16)21-8-10-33(31-21)20-11-18(30-19-13-29-25(35)23(19)20)22-15(12-27)5-3-7-17(22)26;24-14-3-1-2-13(9-25)21(14)15-8-17(22-16(27-15)10-26-23(22)31)30-5-4-20(28-30)29-11-18-19(12-29)33-7-6-32-18;1-22(31)6-8-28(12-22)18-5-7-29(27-18)17-9-15(26-16-11-25-21(30)20(16)17)19-13(10-24)3-2-4-14(19)23/h3,5,7-8,10-11,16H,2,4,6,9,13-14H2,1H3,(H,28,34)(H,29,35);1-5,8,18-19H,6-7,10-12H2,(H,26,31);2-5,7,9,31H,6,8,11-12H2,1H3,(H,25,30)/t16-;18-,19+;/m0../s1/i;;8D2,12D2. The number of aromatic nitrogens is 9. The molecule has 0 saturated carbocycles. The Hall–Kier alpha value is -11.8. The summed E-state index contributed by atoms with van der Waals surface area (Å²) in [5.74, 6) is -1.52. The quantitative estimate of drug-likeness (QED) is 0.0924. The summed E-state index contributed by atoms with van der Waals surface area (Å²) in [6.07, 6.45) is 6.14. The highest BCUT2D eigenvalue weighted by Crippen LogP contribution is 2.37. The maximum atomic E-state index is 14.8. The molecule has 0 spiro atoms. The van der Waals surface area contributed by atoms with Crippen LogP contribution in [0.25, 0.3) is 50.8 Å². The number of carbonyl (C=O) groups excluding carboxylic acids is 4. The van der Waals surface area contributed by atoms with E-state index in [2.05, 4.69) is 51.1 Å². The number of aliphatic hydroxyl groups is 1. The SMILES string of the molecule is CCNC(=O)[C@H]1CCCN(c2ccn(-c3cc(-c4c(F)cccc4C#N)nc4c3C(=O)NC4)n2)C1.N#Cc1cccc(F)c1-c1cc(-n2ccc(N3C[C@@H]4OCCO[C@@H]4C3)n2)c2c(n1)CNC2=O.[2H]C1([2H])CC(C)(O)C([2H])([2H])N1c1ccn(-c2cc(-c3c(F)cccc3C#N)nc3c2C(=O)NC3)n1. The van der Waals surface area contributed by atoms with E-state index in [0.29, 0.717) is 84.8 Å². The number of rotatable bonds is 11. The maximum Gasteiger partial charge on any atom is 0.255 e. The van der Waals surface area contributed by atoms with Gasteiger partial charge in [-0.25, -0.2) is 42.2 Å². The van der Waals surface area contributed by atoms with E-state index in [0.717, 1.165) is 30.1 Å². The molecular formula is C70H62F3N19O7. The number of amides is 4. The smallest absolute Gasteiger partial charge is 0.255 e. The molecule has 4 fully saturated rings. The van der Waals surface area contributed by atoms with Crippen molar-refractivity contribution in [2.24, 2.45) is 5.92 Å². The molecule has 13 heterocycles. The van der Waals surface area contributed by atoms with Crippen LogP contribution in [0, 0.1) is 57.4 Å². The van der Waals surface area contributed by atoms with Gasteiger partial charge in [0.05, 0.1) is 167 Å². The van der Waals surface area contributed by atoms with E-state index < -0.39 is 48.4 Å². The normalized spacial score (nSPS) is 21.0. The van der Waals surface area contributed by atoms with Gasteiger partial charge in [-0.2, -0.15) is 31.1 Å². The number of hydrogen-bond donors (Lipinski definition) is 5. The highest BCUT2D eigenvalue weighted by molar-refractivity contribution is 6.03. The zero-order valence-corrected chi connectivity index (χ0v) is 53.1. The van der Waals surface area contributed by atoms with Crippen LogP contribution in [0.2, 0.25) is 0 Å². The minimum Gasteiger partial charge on any atom is -0.388 e. The van der Waals surface area contributed by atoms with E-state index in [1.54, 1.807) is 40.0 Å². The van der Waals surface area contributed by atoms with Crippen molar-refractivity contribution in [3.63, 3.8) is 0 Å². The van der Waals surface area contributed by atoms with Gasteiger partial charge in [-0.1, -0.05) is 18.2 Å². The largest absolute Gasteiger partial charge is 0.388 e. The highest BCUT2D eigenvalue weighted by Gasteiger charge is 2.39. The van der Waals surface area contributed by atoms with Crippen molar-refractivity contribution in [1.29, 1.82) is 15.8 Å². The number of fused-ring (bicyclic) bond motifs is 4. The van der Waals surface area contributed by atoms with Gasteiger partial charge in [0.15, 0.2) is 17.5 Å². The number of nitrogens with zero attached hydrogens (tertiary/aromatic N) is 15. The Morgan fingerprint density at radius 3 is 1.40 bits per heavy atom. The number of halogens is 3. The van der Waals surface area contributed by atoms with Crippen LogP contribution < -0.4 is 36.0 Å². The Morgan fingerprint density at radius 1 is 0.616 bits per heavy atom. The number of carbonyl (C=O) groups is 4. The molecule has 7 aliphatic rings. The summed E-state index contributed by atoms with van der Waals surface area (Å²) in [6.45, 7) is 3.35. The fourth-order valence-electron chi connectivity index (χ4n) is 13.1. The number of pyridine rings is 3. The summed E-state index contributed by atoms with van der Waals surface area (Å²) < 4.78 is 93.4. The molecule has 29 heteroatoms. The van der Waals surface area contributed by atoms with Crippen molar-refractivity contribution in [1.82, 2.24) is 65.6 Å². The Bertz CT molecular complexity index is 5090. The van der Waals surface area contributed by atoms with Gasteiger partial charge in [-0.3, -0.25) is 19.2 Å². The number of piperidine rings is 1. The molecule has 26 nitrogen and oxygen atoms in total. The van der Waals surface area contributed by atoms with Gasteiger partial charge in [0.25, 0.3) is 17.7 Å². The fraction of sp³-hybridized carbons (Fsp3) is 0.300. The fourth-order valence-corrected chi connectivity index (χ4v) is 13.1. The highest BCUT2D eigenvalue weighted by atomic mass is 19.1. The Labute approximate surface area is 569 Å². The minimum absolute atomic E-state index is 0.0110. The average molecular weight is 1340 g/mol. The molecule has 99 heavy (non-hydrogen) atoms. The van der Waals surface area contributed by atoms with Gasteiger partial charge in [0.2, 0.25) is 5.91 Å². The molecular weight excluding hydrogens is 1280 g/mol. The number of hydrogen-bond acceptors (Lipinski definition) is 19. The Kier molecular flexibility index (Phi) is 16.0. The molecule has 500 valence electrons. The van der Waals surface area contributed by atoms with Crippen LogP contribution in [0.15, 0.2) is 110 Å². The van der Waals surface area contributed by atoms with E-state index in [-0.39, 0.29) is 123 Å². The topological polar surface area (TPSA) is 328 Å². The third kappa shape index (κ3) is 12.5. The van der Waals surface area contributed by atoms with Crippen LogP contribution in [-0.4, -0.2) is 150 Å². The lowest BCUT2D eigenvalue weighted by Crippen LogP contribution is -2.43. The molecule has 16 rings (SSSR count). The summed E-state index contributed by atoms with van der Waals surface area (Å²) in [5, 5.41) is 63.7. The van der Waals surface area contributed by atoms with Gasteiger partial charge >= 0.3 is 0 Å². The van der Waals surface area contributed by atoms with Crippen molar-refractivity contribution in [2.75, 3.05) is 73.6 Å². The summed E-state index contributed by atoms with van der Waals surface area (Å²) in [6, 6.07) is 28.3. The second kappa shape index (κ2) is 26.6. The van der Waals surface area contributed by atoms with Crippen molar-refractivity contribution in [3.8, 4) is 69.0 Å². The molecule has 5 N–H and O–H groups in total. The van der Waals surface area contributed by atoms with Gasteiger partial charge in [0.1, 0.15) is 29.7 Å². The molecule has 6 aromatic heterocycles. The second-order valence-corrected chi connectivity index (χ2v) is 24.2. The van der Waals surface area contributed by atoms with E-state index in [1.807, 2.05) is 37.3 Å². The lowest BCUT2D eigenvalue weighted by atomic mass is 9.97. The molecule has 3 aromatic carbocycles. The molecule has 7 aliphatic heterocycles. The van der Waals surface area contributed by atoms with Crippen LogP contribution >= 0.6 is 0 Å². The van der Waals surface area contributed by atoms with Crippen LogP contribution in [0.5, 0.6) is 0 Å². The lowest BCUT2D eigenvalue weighted by Gasteiger charge is -2.32. The van der Waals surface area contributed by atoms with Crippen molar-refractivity contribution < 1.29 is 52.4 Å². The number of nitrogens with one attached hydrogen (secondary N) is 4. The monoisotopic (exact) mass is 1340 g/mol. The average Bonchev–Trinajstić information content (AvgIpc) is 1.53. The first kappa shape index (κ1) is 59.6. The first-order chi connectivity index (χ1) is 49.5. The number of anilines is 3. The maximum absolute atomic E-state index is 14.8. The first-order valence-corrected chi connectivity index (χ1v) is 31.7. The summed E-state index contributed by atoms with van der Waals surface area (Å²) in [7, 11) is 0. The van der Waals surface area contributed by atoms with E-state index in [1.165, 1.54) is 78.5 Å². The predicted octanol–water partition coefficient (Wildman–Crippen LogP) is 6.48. The van der Waals surface area contributed by atoms with Gasteiger partial charge in [-0.15, -0.1) is 0 Å². The Morgan fingerprint density at radius 2 is 1.02 bits per heavy atom. The first-order valence-electron chi connectivity index (χ1n) is 33.7. The number of nitriles is 3. The predicted molar refractivity (Wildman–Crippen MR) is 351 cm³/mol. The molecule has 4 amide bonds. The Balaban J connectivity index is 0.000000131. The van der Waals surface area contributed by atoms with E-state index in [9.17, 15) is 53.2 Å². The van der Waals surface area contributed by atoms with E-state index in [4.69, 9.17) is 25.2 Å². The lowest BCUT2D eigenvalue weighted by molar-refractivity contribution is -0.125. The number of benzene rings is 3. The summed E-state index contributed by atoms with van der Waals surface area (Å²) in [4.78, 5) is 68.4. The summed E-state index contributed by atoms with van der Waals surface area (Å²) in [5.41, 5.74) is 2.58. The molecule has 9 aromatic rings.